The maximum atomic E-state index is 12.6. The monoisotopic (exact) mass is 399 g/mol. The van der Waals surface area contributed by atoms with Gasteiger partial charge in [0.15, 0.2) is 0 Å². The van der Waals surface area contributed by atoms with E-state index in [1.54, 1.807) is 0 Å². The molecule has 0 bridgehead atoms. The molecule has 0 radical (unpaired) electrons. The van der Waals surface area contributed by atoms with Crippen LogP contribution >= 0.6 is 11.6 Å². The minimum atomic E-state index is -3.03. The summed E-state index contributed by atoms with van der Waals surface area (Å²) in [5, 5.41) is 12.3. The third-order valence-electron chi connectivity index (χ3n) is 4.58. The lowest BCUT2D eigenvalue weighted by Crippen LogP contribution is -2.39. The number of amides is 1. The molecule has 3 rings (SSSR count). The first-order valence-corrected chi connectivity index (χ1v) is 8.97. The predicted octanol–water partition coefficient (Wildman–Crippen LogP) is 2.73. The summed E-state index contributed by atoms with van der Waals surface area (Å²) in [5.41, 5.74) is 1.92. The SMILES string of the molecule is Cc1nc2c(n1CCO)CCC(NC(=O)c1cc(Cl)ccc1OC(F)F)C2. The lowest BCUT2D eigenvalue weighted by molar-refractivity contribution is -0.0501. The van der Waals surface area contributed by atoms with E-state index in [9.17, 15) is 18.7 Å². The third-order valence-corrected chi connectivity index (χ3v) is 4.81. The van der Waals surface area contributed by atoms with Crippen molar-refractivity contribution < 1.29 is 23.4 Å². The smallest absolute Gasteiger partial charge is 0.387 e. The predicted molar refractivity (Wildman–Crippen MR) is 95.4 cm³/mol. The van der Waals surface area contributed by atoms with Gasteiger partial charge in [-0.05, 0) is 38.0 Å². The van der Waals surface area contributed by atoms with Gasteiger partial charge in [-0.25, -0.2) is 4.98 Å². The van der Waals surface area contributed by atoms with Crippen LogP contribution in [0.1, 0.15) is 34.0 Å². The van der Waals surface area contributed by atoms with E-state index in [-0.39, 0.29) is 29.0 Å². The number of carbonyl (C=O) groups excluding carboxylic acids is 1. The molecule has 0 aliphatic heterocycles. The number of carbonyl (C=O) groups is 1. The van der Waals surface area contributed by atoms with Crippen LogP contribution in [0.25, 0.3) is 0 Å². The molecule has 1 amide bonds. The number of ether oxygens (including phenoxy) is 1. The fourth-order valence-corrected chi connectivity index (χ4v) is 3.59. The minimum Gasteiger partial charge on any atom is -0.434 e. The van der Waals surface area contributed by atoms with Crippen molar-refractivity contribution in [3.8, 4) is 5.75 Å². The zero-order chi connectivity index (χ0) is 19.6. The Labute approximate surface area is 160 Å². The first kappa shape index (κ1) is 19.6. The number of aliphatic hydroxyl groups is 1. The lowest BCUT2D eigenvalue weighted by Gasteiger charge is -2.24. The summed E-state index contributed by atoms with van der Waals surface area (Å²) in [6.07, 6.45) is 1.92. The highest BCUT2D eigenvalue weighted by molar-refractivity contribution is 6.31. The summed E-state index contributed by atoms with van der Waals surface area (Å²) in [4.78, 5) is 17.1. The summed E-state index contributed by atoms with van der Waals surface area (Å²) >= 11 is 5.90. The molecule has 1 aliphatic carbocycles. The number of rotatable bonds is 6. The molecule has 0 saturated heterocycles. The molecule has 0 spiro atoms. The largest absolute Gasteiger partial charge is 0.434 e. The van der Waals surface area contributed by atoms with Crippen molar-refractivity contribution in [3.63, 3.8) is 0 Å². The maximum Gasteiger partial charge on any atom is 0.387 e. The molecule has 0 fully saturated rings. The summed E-state index contributed by atoms with van der Waals surface area (Å²) < 4.78 is 31.6. The van der Waals surface area contributed by atoms with E-state index >= 15 is 0 Å². The fourth-order valence-electron chi connectivity index (χ4n) is 3.42. The number of alkyl halides is 2. The average molecular weight is 400 g/mol. The Bertz CT molecular complexity index is 841. The van der Waals surface area contributed by atoms with Gasteiger partial charge in [-0.3, -0.25) is 4.79 Å². The number of nitrogens with one attached hydrogen (secondary N) is 1. The van der Waals surface area contributed by atoms with Gasteiger partial charge < -0.3 is 19.7 Å². The van der Waals surface area contributed by atoms with Crippen molar-refractivity contribution in [3.05, 3.63) is 46.0 Å². The highest BCUT2D eigenvalue weighted by Gasteiger charge is 2.26. The van der Waals surface area contributed by atoms with Crippen LogP contribution in [-0.4, -0.2) is 39.8 Å². The van der Waals surface area contributed by atoms with E-state index in [4.69, 9.17) is 11.6 Å². The van der Waals surface area contributed by atoms with Crippen LogP contribution in [0.2, 0.25) is 5.02 Å². The molecule has 1 atom stereocenters. The fraction of sp³-hybridized carbons (Fsp3) is 0.444. The van der Waals surface area contributed by atoms with Crippen LogP contribution in [0.3, 0.4) is 0 Å². The first-order chi connectivity index (χ1) is 12.9. The van der Waals surface area contributed by atoms with Gasteiger partial charge in [0.25, 0.3) is 5.91 Å². The average Bonchev–Trinajstić information content (AvgIpc) is 2.91. The normalized spacial score (nSPS) is 16.3. The van der Waals surface area contributed by atoms with E-state index in [2.05, 4.69) is 15.0 Å². The second-order valence-corrected chi connectivity index (χ2v) is 6.80. The number of fused-ring (bicyclic) bond motifs is 1. The number of halogens is 3. The van der Waals surface area contributed by atoms with E-state index in [1.165, 1.54) is 18.2 Å². The third kappa shape index (κ3) is 4.39. The Morgan fingerprint density at radius 2 is 2.30 bits per heavy atom. The maximum absolute atomic E-state index is 12.6. The Kier molecular flexibility index (Phi) is 5.96. The number of imidazole rings is 1. The molecular weight excluding hydrogens is 380 g/mol. The van der Waals surface area contributed by atoms with Crippen LogP contribution < -0.4 is 10.1 Å². The molecule has 1 aromatic carbocycles. The van der Waals surface area contributed by atoms with Crippen molar-refractivity contribution in [2.45, 2.75) is 45.4 Å². The van der Waals surface area contributed by atoms with Crippen molar-refractivity contribution in [2.75, 3.05) is 6.61 Å². The highest BCUT2D eigenvalue weighted by atomic mass is 35.5. The summed E-state index contributed by atoms with van der Waals surface area (Å²) in [5.74, 6) is 0.0862. The Hall–Kier alpha value is -2.19. The summed E-state index contributed by atoms with van der Waals surface area (Å²) in [7, 11) is 0. The second-order valence-electron chi connectivity index (χ2n) is 6.36. The van der Waals surface area contributed by atoms with Crippen LogP contribution in [0.15, 0.2) is 18.2 Å². The van der Waals surface area contributed by atoms with Crippen molar-refractivity contribution >= 4 is 17.5 Å². The molecule has 2 aromatic rings. The molecule has 2 N–H and O–H groups in total. The van der Waals surface area contributed by atoms with E-state index < -0.39 is 12.5 Å². The Balaban J connectivity index is 1.74. The molecule has 1 unspecified atom stereocenters. The number of aryl methyl sites for hydroxylation is 1. The first-order valence-electron chi connectivity index (χ1n) is 8.60. The number of hydrogen-bond acceptors (Lipinski definition) is 4. The van der Waals surface area contributed by atoms with Crippen molar-refractivity contribution in [1.82, 2.24) is 14.9 Å². The topological polar surface area (TPSA) is 76.4 Å². The number of aliphatic hydroxyl groups excluding tert-OH is 1. The van der Waals surface area contributed by atoms with Crippen LogP contribution in [0, 0.1) is 6.92 Å². The number of benzene rings is 1. The van der Waals surface area contributed by atoms with Gasteiger partial charge >= 0.3 is 6.61 Å². The summed E-state index contributed by atoms with van der Waals surface area (Å²) in [6.45, 7) is -0.636. The standard InChI is InChI=1S/C18H20ClF2N3O3/c1-10-22-14-9-12(3-4-15(14)24(10)6-7-25)23-17(26)13-8-11(19)2-5-16(13)27-18(20)21/h2,5,8,12,18,25H,3-4,6-7,9H2,1H3,(H,23,26). The van der Waals surface area contributed by atoms with Crippen LogP contribution in [-0.2, 0) is 19.4 Å². The number of nitrogens with zero attached hydrogens (tertiary/aromatic N) is 2. The van der Waals surface area contributed by atoms with Gasteiger partial charge in [0.05, 0.1) is 17.9 Å². The Morgan fingerprint density at radius 3 is 3.00 bits per heavy atom. The van der Waals surface area contributed by atoms with Gasteiger partial charge in [-0.1, -0.05) is 11.6 Å². The number of aromatic nitrogens is 2. The van der Waals surface area contributed by atoms with Crippen LogP contribution in [0.4, 0.5) is 8.78 Å². The molecule has 146 valence electrons. The Morgan fingerprint density at radius 1 is 1.52 bits per heavy atom. The van der Waals surface area contributed by atoms with E-state index in [0.717, 1.165) is 17.2 Å². The molecule has 6 nitrogen and oxygen atoms in total. The number of hydrogen-bond donors (Lipinski definition) is 2. The van der Waals surface area contributed by atoms with E-state index in [1.807, 2.05) is 11.5 Å². The van der Waals surface area contributed by atoms with Gasteiger partial charge in [-0.15, -0.1) is 0 Å². The van der Waals surface area contributed by atoms with Crippen LogP contribution in [0.5, 0.6) is 5.75 Å². The second kappa shape index (κ2) is 8.22. The van der Waals surface area contributed by atoms with Gasteiger partial charge in [-0.2, -0.15) is 8.78 Å². The van der Waals surface area contributed by atoms with Gasteiger partial charge in [0.2, 0.25) is 0 Å². The molecule has 1 aliphatic rings. The quantitative estimate of drug-likeness (QED) is 0.783. The zero-order valence-electron chi connectivity index (χ0n) is 14.7. The molecule has 9 heteroatoms. The summed E-state index contributed by atoms with van der Waals surface area (Å²) in [6, 6.07) is 3.77. The van der Waals surface area contributed by atoms with Crippen molar-refractivity contribution in [2.24, 2.45) is 0 Å². The minimum absolute atomic E-state index is 0.0319. The molecule has 27 heavy (non-hydrogen) atoms. The van der Waals surface area contributed by atoms with E-state index in [0.29, 0.717) is 25.8 Å². The highest BCUT2D eigenvalue weighted by Crippen LogP contribution is 2.26. The van der Waals surface area contributed by atoms with Crippen molar-refractivity contribution in [1.29, 1.82) is 0 Å². The van der Waals surface area contributed by atoms with Gasteiger partial charge in [0.1, 0.15) is 11.6 Å². The lowest BCUT2D eigenvalue weighted by atomic mass is 9.95. The molecule has 0 saturated carbocycles. The molecule has 1 heterocycles. The molecular formula is C18H20ClF2N3O3. The molecule has 1 aromatic heterocycles. The zero-order valence-corrected chi connectivity index (χ0v) is 15.5. The van der Waals surface area contributed by atoms with Gasteiger partial charge in [0, 0.05) is 29.7 Å².